The number of pyridine rings is 1. The lowest BCUT2D eigenvalue weighted by atomic mass is 10.1. The van der Waals surface area contributed by atoms with E-state index in [1.165, 1.54) is 12.1 Å². The molecule has 2 aromatic carbocycles. The molecule has 1 aliphatic heterocycles. The summed E-state index contributed by atoms with van der Waals surface area (Å²) in [5.74, 6) is 1.26. The Bertz CT molecular complexity index is 1110. The van der Waals surface area contributed by atoms with Gasteiger partial charge in [-0.05, 0) is 43.3 Å². The van der Waals surface area contributed by atoms with Crippen molar-refractivity contribution in [3.63, 3.8) is 0 Å². The van der Waals surface area contributed by atoms with Crippen LogP contribution >= 0.6 is 0 Å². The van der Waals surface area contributed by atoms with Crippen LogP contribution in [0.5, 0.6) is 11.5 Å². The van der Waals surface area contributed by atoms with Crippen molar-refractivity contribution < 1.29 is 18.7 Å². The zero-order valence-electron chi connectivity index (χ0n) is 18.0. The molecule has 0 aliphatic carbocycles. The number of hydrogen-bond donors (Lipinski definition) is 0. The maximum atomic E-state index is 13.5. The summed E-state index contributed by atoms with van der Waals surface area (Å²) in [5, 5.41) is 0.763. The number of ether oxygens (including phenoxy) is 2. The topological polar surface area (TPSA) is 54.9 Å². The van der Waals surface area contributed by atoms with Gasteiger partial charge in [0.05, 0.1) is 31.0 Å². The van der Waals surface area contributed by atoms with Crippen molar-refractivity contribution in [1.29, 1.82) is 0 Å². The van der Waals surface area contributed by atoms with Gasteiger partial charge >= 0.3 is 0 Å². The molecule has 0 bridgehead atoms. The second-order valence-electron chi connectivity index (χ2n) is 7.70. The van der Waals surface area contributed by atoms with Crippen LogP contribution in [-0.4, -0.2) is 61.1 Å². The average molecular weight is 423 g/mol. The van der Waals surface area contributed by atoms with E-state index in [4.69, 9.17) is 9.47 Å². The van der Waals surface area contributed by atoms with Gasteiger partial charge in [0.2, 0.25) is 0 Å². The monoisotopic (exact) mass is 423 g/mol. The summed E-state index contributed by atoms with van der Waals surface area (Å²) in [6.45, 7) is 5.31. The Morgan fingerprint density at radius 1 is 1.03 bits per heavy atom. The minimum Gasteiger partial charge on any atom is -0.497 e. The number of piperazine rings is 1. The lowest BCUT2D eigenvalue weighted by molar-refractivity contribution is 0.0626. The molecule has 0 unspecified atom stereocenters. The molecule has 6 nitrogen and oxygen atoms in total. The van der Waals surface area contributed by atoms with Gasteiger partial charge in [0, 0.05) is 49.7 Å². The molecule has 0 radical (unpaired) electrons. The van der Waals surface area contributed by atoms with E-state index >= 15 is 0 Å². The fourth-order valence-corrected chi connectivity index (χ4v) is 3.98. The van der Waals surface area contributed by atoms with E-state index in [2.05, 4.69) is 9.88 Å². The summed E-state index contributed by atoms with van der Waals surface area (Å²) in [4.78, 5) is 21.7. The van der Waals surface area contributed by atoms with E-state index in [0.717, 1.165) is 42.1 Å². The number of rotatable bonds is 5. The van der Waals surface area contributed by atoms with Crippen LogP contribution in [0, 0.1) is 12.7 Å². The Labute approximate surface area is 181 Å². The first kappa shape index (κ1) is 21.1. The Balaban J connectivity index is 1.44. The van der Waals surface area contributed by atoms with E-state index in [1.807, 2.05) is 29.2 Å². The van der Waals surface area contributed by atoms with Crippen molar-refractivity contribution >= 4 is 16.8 Å². The van der Waals surface area contributed by atoms with Crippen LogP contribution < -0.4 is 9.47 Å². The van der Waals surface area contributed by atoms with Crippen LogP contribution in [0.25, 0.3) is 10.9 Å². The molecule has 1 amide bonds. The zero-order chi connectivity index (χ0) is 22.0. The quantitative estimate of drug-likeness (QED) is 0.627. The fraction of sp³-hybridized carbons (Fsp3) is 0.333. The molecule has 1 aliphatic rings. The normalized spacial score (nSPS) is 14.6. The number of hydrogen-bond acceptors (Lipinski definition) is 5. The molecule has 0 N–H and O–H groups in total. The van der Waals surface area contributed by atoms with Gasteiger partial charge in [0.1, 0.15) is 17.3 Å². The second kappa shape index (κ2) is 8.89. The third kappa shape index (κ3) is 4.46. The number of aromatic nitrogens is 1. The van der Waals surface area contributed by atoms with Crippen LogP contribution in [0.2, 0.25) is 0 Å². The highest BCUT2D eigenvalue weighted by atomic mass is 19.1. The maximum absolute atomic E-state index is 13.5. The fourth-order valence-electron chi connectivity index (χ4n) is 3.98. The average Bonchev–Trinajstić information content (AvgIpc) is 2.78. The summed E-state index contributed by atoms with van der Waals surface area (Å²) in [5.41, 5.74) is 2.81. The second-order valence-corrected chi connectivity index (χ2v) is 7.70. The third-order valence-electron chi connectivity index (χ3n) is 5.74. The summed E-state index contributed by atoms with van der Waals surface area (Å²) in [7, 11) is 3.31. The van der Waals surface area contributed by atoms with Crippen LogP contribution in [-0.2, 0) is 6.54 Å². The number of halogens is 1. The highest BCUT2D eigenvalue weighted by Gasteiger charge is 2.24. The molecular formula is C24H26FN3O3. The summed E-state index contributed by atoms with van der Waals surface area (Å²) in [6.07, 6.45) is 0. The molecule has 1 saturated heterocycles. The maximum Gasteiger partial charge on any atom is 0.255 e. The number of benzene rings is 2. The highest BCUT2D eigenvalue weighted by Crippen LogP contribution is 2.26. The Kier molecular flexibility index (Phi) is 6.04. The molecule has 3 aromatic rings. The molecule has 0 atom stereocenters. The molecule has 0 saturated carbocycles. The third-order valence-corrected chi connectivity index (χ3v) is 5.74. The van der Waals surface area contributed by atoms with Crippen molar-refractivity contribution in [2.45, 2.75) is 13.5 Å². The molecule has 1 aromatic heterocycles. The van der Waals surface area contributed by atoms with E-state index in [1.54, 1.807) is 27.2 Å². The van der Waals surface area contributed by atoms with Crippen molar-refractivity contribution in [3.8, 4) is 11.5 Å². The molecule has 1 fully saturated rings. The van der Waals surface area contributed by atoms with Crippen molar-refractivity contribution in [2.24, 2.45) is 0 Å². The first-order valence-electron chi connectivity index (χ1n) is 10.3. The first-order valence-corrected chi connectivity index (χ1v) is 10.3. The zero-order valence-corrected chi connectivity index (χ0v) is 18.0. The minimum absolute atomic E-state index is 0.0326. The van der Waals surface area contributed by atoms with Gasteiger partial charge in [0.25, 0.3) is 5.91 Å². The van der Waals surface area contributed by atoms with Crippen molar-refractivity contribution in [3.05, 3.63) is 65.1 Å². The number of fused-ring (bicyclic) bond motifs is 1. The van der Waals surface area contributed by atoms with Gasteiger partial charge in [-0.2, -0.15) is 0 Å². The molecule has 7 heteroatoms. The predicted octanol–water partition coefficient (Wildman–Crippen LogP) is 3.66. The van der Waals surface area contributed by atoms with Gasteiger partial charge in [-0.3, -0.25) is 14.7 Å². The number of amides is 1. The Morgan fingerprint density at radius 2 is 1.81 bits per heavy atom. The lowest BCUT2D eigenvalue weighted by Crippen LogP contribution is -2.48. The van der Waals surface area contributed by atoms with Gasteiger partial charge in [-0.15, -0.1) is 0 Å². The van der Waals surface area contributed by atoms with Crippen LogP contribution in [0.15, 0.2) is 42.5 Å². The van der Waals surface area contributed by atoms with Crippen molar-refractivity contribution in [1.82, 2.24) is 14.8 Å². The molecular weight excluding hydrogens is 397 g/mol. The molecule has 31 heavy (non-hydrogen) atoms. The smallest absolute Gasteiger partial charge is 0.255 e. The lowest BCUT2D eigenvalue weighted by Gasteiger charge is -2.35. The van der Waals surface area contributed by atoms with Gasteiger partial charge in [-0.1, -0.05) is 0 Å². The largest absolute Gasteiger partial charge is 0.497 e. The van der Waals surface area contributed by atoms with Crippen molar-refractivity contribution in [2.75, 3.05) is 40.4 Å². The Hall–Kier alpha value is -3.19. The number of carbonyl (C=O) groups excluding carboxylic acids is 1. The van der Waals surface area contributed by atoms with Gasteiger partial charge in [0.15, 0.2) is 0 Å². The molecule has 2 heterocycles. The molecule has 0 spiro atoms. The van der Waals surface area contributed by atoms with Crippen LogP contribution in [0.3, 0.4) is 0 Å². The van der Waals surface area contributed by atoms with Gasteiger partial charge in [-0.25, -0.2) is 4.39 Å². The summed E-state index contributed by atoms with van der Waals surface area (Å²) in [6, 6.07) is 12.0. The van der Waals surface area contributed by atoms with E-state index in [0.29, 0.717) is 29.9 Å². The first-order chi connectivity index (χ1) is 15.0. The van der Waals surface area contributed by atoms with Crippen LogP contribution in [0.1, 0.15) is 21.6 Å². The molecule has 162 valence electrons. The van der Waals surface area contributed by atoms with Gasteiger partial charge < -0.3 is 14.4 Å². The minimum atomic E-state index is -0.331. The number of aryl methyl sites for hydroxylation is 1. The molecule has 4 rings (SSSR count). The summed E-state index contributed by atoms with van der Waals surface area (Å²) >= 11 is 0. The standard InChI is InChI=1S/C24H26FN3O3/c1-16-21(13-17-4-5-19(25)14-22(17)26-16)24(29)28-10-8-27(9-11-28)15-18-12-20(30-2)6-7-23(18)31-3/h4-7,12-14H,8-11,15H2,1-3H3. The highest BCUT2D eigenvalue weighted by molar-refractivity contribution is 5.98. The number of carbonyl (C=O) groups is 1. The number of nitrogens with zero attached hydrogens (tertiary/aromatic N) is 3. The van der Waals surface area contributed by atoms with E-state index in [9.17, 15) is 9.18 Å². The summed E-state index contributed by atoms with van der Waals surface area (Å²) < 4.78 is 24.3. The van der Waals surface area contributed by atoms with Crippen LogP contribution in [0.4, 0.5) is 4.39 Å². The van der Waals surface area contributed by atoms with E-state index in [-0.39, 0.29) is 11.7 Å². The Morgan fingerprint density at radius 3 is 2.52 bits per heavy atom. The van der Waals surface area contributed by atoms with E-state index < -0.39 is 0 Å². The SMILES string of the molecule is COc1ccc(OC)c(CN2CCN(C(=O)c3cc4ccc(F)cc4nc3C)CC2)c1. The number of methoxy groups -OCH3 is 2. The predicted molar refractivity (Wildman–Crippen MR) is 117 cm³/mol.